The molecule has 27 heavy (non-hydrogen) atoms. The summed E-state index contributed by atoms with van der Waals surface area (Å²) < 4.78 is 7.22. The Hall–Kier alpha value is -2.08. The predicted octanol–water partition coefficient (Wildman–Crippen LogP) is 2.14. The van der Waals surface area contributed by atoms with Crippen LogP contribution in [0.15, 0.2) is 45.6 Å². The van der Waals surface area contributed by atoms with Crippen molar-refractivity contribution in [2.45, 2.75) is 6.54 Å². The van der Waals surface area contributed by atoms with Crippen molar-refractivity contribution in [3.63, 3.8) is 0 Å². The van der Waals surface area contributed by atoms with Crippen LogP contribution in [0, 0.1) is 0 Å². The molecular formula is C17H21IN6O2S. The van der Waals surface area contributed by atoms with Gasteiger partial charge in [0.05, 0.1) is 18.5 Å². The molecule has 1 aliphatic heterocycles. The Balaban J connectivity index is 0.00000210. The van der Waals surface area contributed by atoms with Gasteiger partial charge in [-0.3, -0.25) is 14.2 Å². The molecule has 0 saturated carbocycles. The lowest BCUT2D eigenvalue weighted by molar-refractivity contribution is 0.0657. The van der Waals surface area contributed by atoms with Crippen LogP contribution in [0.3, 0.4) is 0 Å². The number of guanidine groups is 1. The smallest absolute Gasteiger partial charge is 0.289 e. The molecular weight excluding hydrogens is 479 g/mol. The van der Waals surface area contributed by atoms with E-state index < -0.39 is 0 Å². The van der Waals surface area contributed by atoms with Gasteiger partial charge in [-0.1, -0.05) is 0 Å². The molecule has 0 bridgehead atoms. The molecule has 144 valence electrons. The molecule has 8 nitrogen and oxygen atoms in total. The molecule has 0 aromatic carbocycles. The average molecular weight is 500 g/mol. The van der Waals surface area contributed by atoms with Crippen LogP contribution in [0.1, 0.15) is 16.2 Å². The van der Waals surface area contributed by atoms with E-state index in [1.54, 1.807) is 30.5 Å². The van der Waals surface area contributed by atoms with Gasteiger partial charge in [-0.15, -0.1) is 35.3 Å². The Labute approximate surface area is 177 Å². The number of halogens is 1. The molecule has 1 amide bonds. The summed E-state index contributed by atoms with van der Waals surface area (Å²) in [5.74, 6) is 1.16. The number of carbonyl (C=O) groups is 1. The second-order valence-electron chi connectivity index (χ2n) is 5.98. The van der Waals surface area contributed by atoms with Crippen molar-refractivity contribution < 1.29 is 9.21 Å². The number of rotatable bonds is 3. The van der Waals surface area contributed by atoms with Gasteiger partial charge < -0.3 is 19.5 Å². The standard InChI is InChI=1S/C17H20N6O2S.HI/c1-18-16(19-11-13-12-23-8-10-26-17(23)20-13)22-6-4-21(5-7-22)15(24)14-3-2-9-25-14;/h2-3,8-10,12H,4-7,11H2,1H3,(H,18,19);1H. The number of aromatic nitrogens is 2. The van der Waals surface area contributed by atoms with Crippen LogP contribution in [-0.2, 0) is 6.54 Å². The second kappa shape index (κ2) is 8.74. The number of imidazole rings is 1. The predicted molar refractivity (Wildman–Crippen MR) is 115 cm³/mol. The molecule has 1 fully saturated rings. The highest BCUT2D eigenvalue weighted by atomic mass is 127. The maximum absolute atomic E-state index is 12.3. The molecule has 10 heteroatoms. The van der Waals surface area contributed by atoms with Gasteiger partial charge in [-0.05, 0) is 12.1 Å². The van der Waals surface area contributed by atoms with Crippen LogP contribution in [-0.4, -0.2) is 64.3 Å². The first kappa shape index (κ1) is 19.7. The number of nitrogens with zero attached hydrogens (tertiary/aromatic N) is 5. The number of furan rings is 1. The highest BCUT2D eigenvalue weighted by Crippen LogP contribution is 2.12. The highest BCUT2D eigenvalue weighted by Gasteiger charge is 2.25. The third kappa shape index (κ3) is 4.26. The van der Waals surface area contributed by atoms with Gasteiger partial charge in [-0.2, -0.15) is 0 Å². The third-order valence-electron chi connectivity index (χ3n) is 4.38. The minimum atomic E-state index is -0.0596. The molecule has 1 saturated heterocycles. The van der Waals surface area contributed by atoms with Crippen molar-refractivity contribution >= 4 is 52.1 Å². The van der Waals surface area contributed by atoms with Gasteiger partial charge in [0.2, 0.25) is 0 Å². The van der Waals surface area contributed by atoms with Crippen LogP contribution < -0.4 is 5.32 Å². The number of hydrogen-bond acceptors (Lipinski definition) is 5. The van der Waals surface area contributed by atoms with Crippen molar-refractivity contribution in [3.8, 4) is 0 Å². The monoisotopic (exact) mass is 500 g/mol. The van der Waals surface area contributed by atoms with Gasteiger partial charge in [0.15, 0.2) is 16.7 Å². The van der Waals surface area contributed by atoms with Crippen molar-refractivity contribution in [1.82, 2.24) is 24.5 Å². The molecule has 1 N–H and O–H groups in total. The van der Waals surface area contributed by atoms with Crippen LogP contribution in [0.2, 0.25) is 0 Å². The average Bonchev–Trinajstić information content (AvgIpc) is 3.39. The fraction of sp³-hybridized carbons (Fsp3) is 0.353. The topological polar surface area (TPSA) is 78.4 Å². The van der Waals surface area contributed by atoms with Crippen LogP contribution in [0.4, 0.5) is 0 Å². The summed E-state index contributed by atoms with van der Waals surface area (Å²) in [5.41, 5.74) is 0.977. The lowest BCUT2D eigenvalue weighted by Gasteiger charge is -2.36. The van der Waals surface area contributed by atoms with Crippen molar-refractivity contribution in [3.05, 3.63) is 47.6 Å². The number of aliphatic imine (C=N–C) groups is 1. The normalized spacial score (nSPS) is 15.1. The summed E-state index contributed by atoms with van der Waals surface area (Å²) in [5, 5.41) is 5.38. The van der Waals surface area contributed by atoms with Gasteiger partial charge >= 0.3 is 0 Å². The zero-order valence-electron chi connectivity index (χ0n) is 14.9. The van der Waals surface area contributed by atoms with E-state index in [0.29, 0.717) is 25.4 Å². The Bertz CT molecular complexity index is 883. The summed E-state index contributed by atoms with van der Waals surface area (Å²) in [7, 11) is 1.77. The largest absolute Gasteiger partial charge is 0.459 e. The van der Waals surface area contributed by atoms with E-state index in [1.807, 2.05) is 27.1 Å². The first-order valence-electron chi connectivity index (χ1n) is 8.44. The molecule has 4 rings (SSSR count). The fourth-order valence-electron chi connectivity index (χ4n) is 3.04. The Kier molecular flexibility index (Phi) is 6.37. The summed E-state index contributed by atoms with van der Waals surface area (Å²) in [6.07, 6.45) is 5.54. The van der Waals surface area contributed by atoms with Gasteiger partial charge in [0, 0.05) is 51.0 Å². The lowest BCUT2D eigenvalue weighted by atomic mass is 10.3. The second-order valence-corrected chi connectivity index (χ2v) is 6.86. The van der Waals surface area contributed by atoms with Crippen LogP contribution in [0.5, 0.6) is 0 Å². The zero-order chi connectivity index (χ0) is 17.9. The quantitative estimate of drug-likeness (QED) is 0.339. The van der Waals surface area contributed by atoms with E-state index in [0.717, 1.165) is 29.7 Å². The number of thiazole rings is 1. The van der Waals surface area contributed by atoms with Crippen molar-refractivity contribution in [1.29, 1.82) is 0 Å². The molecule has 0 atom stereocenters. The zero-order valence-corrected chi connectivity index (χ0v) is 18.0. The minimum Gasteiger partial charge on any atom is -0.459 e. The first-order valence-corrected chi connectivity index (χ1v) is 9.32. The van der Waals surface area contributed by atoms with E-state index in [9.17, 15) is 4.79 Å². The lowest BCUT2D eigenvalue weighted by Crippen LogP contribution is -2.53. The van der Waals surface area contributed by atoms with E-state index >= 15 is 0 Å². The third-order valence-corrected chi connectivity index (χ3v) is 5.15. The van der Waals surface area contributed by atoms with E-state index in [1.165, 1.54) is 6.26 Å². The number of fused-ring (bicyclic) bond motifs is 1. The van der Waals surface area contributed by atoms with Crippen LogP contribution >= 0.6 is 35.3 Å². The summed E-state index contributed by atoms with van der Waals surface area (Å²) in [4.78, 5) is 26.2. The summed E-state index contributed by atoms with van der Waals surface area (Å²) in [6.45, 7) is 3.35. The van der Waals surface area contributed by atoms with E-state index in [4.69, 9.17) is 4.42 Å². The molecule has 4 heterocycles. The number of hydrogen-bond donors (Lipinski definition) is 1. The summed E-state index contributed by atoms with van der Waals surface area (Å²) in [6, 6.07) is 3.43. The van der Waals surface area contributed by atoms with Crippen molar-refractivity contribution in [2.75, 3.05) is 33.2 Å². The Morgan fingerprint density at radius 3 is 2.78 bits per heavy atom. The molecule has 0 spiro atoms. The van der Waals surface area contributed by atoms with E-state index in [2.05, 4.69) is 20.2 Å². The number of amides is 1. The number of piperazine rings is 1. The molecule has 1 aliphatic rings. The molecule has 0 radical (unpaired) electrons. The Morgan fingerprint density at radius 1 is 1.33 bits per heavy atom. The molecule has 3 aromatic rings. The maximum Gasteiger partial charge on any atom is 0.289 e. The fourth-order valence-corrected chi connectivity index (χ4v) is 3.76. The van der Waals surface area contributed by atoms with Crippen molar-refractivity contribution in [2.24, 2.45) is 4.99 Å². The van der Waals surface area contributed by atoms with Crippen LogP contribution in [0.25, 0.3) is 4.96 Å². The number of carbonyl (C=O) groups excluding carboxylic acids is 1. The molecule has 3 aromatic heterocycles. The maximum atomic E-state index is 12.3. The van der Waals surface area contributed by atoms with Gasteiger partial charge in [0.25, 0.3) is 5.91 Å². The van der Waals surface area contributed by atoms with Gasteiger partial charge in [-0.25, -0.2) is 4.98 Å². The van der Waals surface area contributed by atoms with Gasteiger partial charge in [0.1, 0.15) is 0 Å². The first-order chi connectivity index (χ1) is 12.7. The molecule has 0 unspecified atom stereocenters. The SMILES string of the molecule is CN=C(NCc1cn2ccsc2n1)N1CCN(C(=O)c2ccco2)CC1.I. The number of nitrogens with one attached hydrogen (secondary N) is 1. The molecule has 0 aliphatic carbocycles. The summed E-state index contributed by atoms with van der Waals surface area (Å²) >= 11 is 1.62. The highest BCUT2D eigenvalue weighted by molar-refractivity contribution is 14.0. The minimum absolute atomic E-state index is 0. The Morgan fingerprint density at radius 2 is 2.11 bits per heavy atom. The van der Waals surface area contributed by atoms with E-state index in [-0.39, 0.29) is 29.9 Å².